The van der Waals surface area contributed by atoms with E-state index in [1.54, 1.807) is 13.8 Å². The van der Waals surface area contributed by atoms with Crippen LogP contribution in [-0.2, 0) is 9.09 Å². The minimum atomic E-state index is -4.77. The van der Waals surface area contributed by atoms with Gasteiger partial charge in [0.2, 0.25) is 0 Å². The van der Waals surface area contributed by atoms with Gasteiger partial charge in [0, 0.05) is 0 Å². The zero-order chi connectivity index (χ0) is 8.20. The summed E-state index contributed by atoms with van der Waals surface area (Å²) in [7, 11) is -4.77. The molecule has 0 aromatic carbocycles. The first-order chi connectivity index (χ1) is 4.42. The van der Waals surface area contributed by atoms with Gasteiger partial charge in [0.1, 0.15) is 0 Å². The van der Waals surface area contributed by atoms with Crippen LogP contribution in [0.1, 0.15) is 13.8 Å². The molecule has 0 atom stereocenters. The second-order valence-corrected chi connectivity index (χ2v) is 3.18. The van der Waals surface area contributed by atoms with Gasteiger partial charge in [0.05, 0.1) is 14.4 Å². The van der Waals surface area contributed by atoms with Crippen LogP contribution in [0.4, 0.5) is 0 Å². The van der Waals surface area contributed by atoms with Gasteiger partial charge in [-0.15, -0.1) is 0 Å². The quantitative estimate of drug-likeness (QED) is 0.264. The summed E-state index contributed by atoms with van der Waals surface area (Å²) in [5, 5.41) is 0. The van der Waals surface area contributed by atoms with Crippen molar-refractivity contribution in [2.45, 2.75) is 13.8 Å². The third kappa shape index (κ3) is 17.8. The Hall–Kier alpha value is 1.85. The van der Waals surface area contributed by atoms with Crippen LogP contribution in [0.25, 0.3) is 0 Å². The van der Waals surface area contributed by atoms with Gasteiger partial charge in [-0.3, -0.25) is 0 Å². The fourth-order valence-corrected chi connectivity index (χ4v) is 0.552. The van der Waals surface area contributed by atoms with Crippen molar-refractivity contribution in [2.24, 2.45) is 0 Å². The Morgan fingerprint density at radius 1 is 1.42 bits per heavy atom. The summed E-state index contributed by atoms with van der Waals surface area (Å²) >= 11 is 0. The number of hydrogen-bond acceptors (Lipinski definition) is 4. The van der Waals surface area contributed by atoms with Crippen LogP contribution in [0, 0.1) is 0 Å². The van der Waals surface area contributed by atoms with Gasteiger partial charge >= 0.3 is 59.1 Å². The standard InChI is InChI=1S/C5H11O4P.2Na/c1-5(2)3-4-9-10(6,7)8;;/h3H,4H2,1-2H3,(H2,6,7,8);;/q;2*+1/p-2. The summed E-state index contributed by atoms with van der Waals surface area (Å²) in [5.74, 6) is 0. The molecule has 0 N–H and O–H groups in total. The van der Waals surface area contributed by atoms with Crippen LogP contribution < -0.4 is 68.9 Å². The van der Waals surface area contributed by atoms with E-state index in [9.17, 15) is 14.4 Å². The molecule has 0 aliphatic carbocycles. The molecule has 0 heterocycles. The predicted octanol–water partition coefficient (Wildman–Crippen LogP) is -6.19. The van der Waals surface area contributed by atoms with E-state index in [0.717, 1.165) is 5.57 Å². The normalized spacial score (nSPS) is 9.33. The first-order valence-corrected chi connectivity index (χ1v) is 4.18. The third-order valence-electron chi connectivity index (χ3n) is 0.724. The van der Waals surface area contributed by atoms with E-state index in [0.29, 0.717) is 0 Å². The Bertz CT molecular complexity index is 172. The van der Waals surface area contributed by atoms with Crippen LogP contribution in [0.15, 0.2) is 11.6 Å². The van der Waals surface area contributed by atoms with Gasteiger partial charge in [0.15, 0.2) is 0 Å². The molecule has 0 amide bonds. The van der Waals surface area contributed by atoms with Gasteiger partial charge in [-0.2, -0.15) is 0 Å². The zero-order valence-corrected chi connectivity index (χ0v) is 12.8. The first-order valence-electron chi connectivity index (χ1n) is 2.72. The van der Waals surface area contributed by atoms with E-state index >= 15 is 0 Å². The number of hydrogen-bond donors (Lipinski definition) is 0. The molecule has 0 bridgehead atoms. The minimum Gasteiger partial charge on any atom is -0.790 e. The Balaban J connectivity index is -0.000000405. The summed E-state index contributed by atoms with van der Waals surface area (Å²) in [6.07, 6.45) is 1.52. The summed E-state index contributed by atoms with van der Waals surface area (Å²) in [6.45, 7) is 3.40. The van der Waals surface area contributed by atoms with Crippen molar-refractivity contribution in [3.05, 3.63) is 11.6 Å². The van der Waals surface area contributed by atoms with Crippen LogP contribution in [0.5, 0.6) is 0 Å². The smallest absolute Gasteiger partial charge is 0.790 e. The topological polar surface area (TPSA) is 72.4 Å². The Morgan fingerprint density at radius 3 is 2.08 bits per heavy atom. The van der Waals surface area contributed by atoms with Gasteiger partial charge < -0.3 is 18.9 Å². The number of phosphoric ester groups is 1. The number of rotatable bonds is 3. The van der Waals surface area contributed by atoms with E-state index in [-0.39, 0.29) is 65.7 Å². The first kappa shape index (κ1) is 19.4. The molecular formula is C5H9Na2O4P. The van der Waals surface area contributed by atoms with Gasteiger partial charge in [-0.25, -0.2) is 0 Å². The molecular weight excluding hydrogens is 201 g/mol. The Labute approximate surface area is 117 Å². The third-order valence-corrected chi connectivity index (χ3v) is 1.19. The van der Waals surface area contributed by atoms with Crippen molar-refractivity contribution < 1.29 is 78.0 Å². The minimum absolute atomic E-state index is 0. The molecule has 0 spiro atoms. The van der Waals surface area contributed by atoms with Crippen molar-refractivity contribution >= 4 is 7.82 Å². The maximum absolute atomic E-state index is 9.83. The van der Waals surface area contributed by atoms with E-state index in [4.69, 9.17) is 0 Å². The van der Waals surface area contributed by atoms with Gasteiger partial charge in [0.25, 0.3) is 0 Å². The molecule has 0 aromatic heterocycles. The van der Waals surface area contributed by atoms with Crippen molar-refractivity contribution in [3.63, 3.8) is 0 Å². The Kier molecular flexibility index (Phi) is 15.2. The molecule has 0 unspecified atom stereocenters. The van der Waals surface area contributed by atoms with Crippen LogP contribution in [-0.4, -0.2) is 6.61 Å². The average Bonchev–Trinajstić information content (AvgIpc) is 1.59. The molecule has 0 saturated heterocycles. The number of allylic oxidation sites excluding steroid dienone is 1. The van der Waals surface area contributed by atoms with Crippen LogP contribution in [0.3, 0.4) is 0 Å². The van der Waals surface area contributed by atoms with Crippen LogP contribution in [0.2, 0.25) is 0 Å². The summed E-state index contributed by atoms with van der Waals surface area (Å²) in [5.41, 5.74) is 0.911. The van der Waals surface area contributed by atoms with Crippen molar-refractivity contribution in [1.82, 2.24) is 0 Å². The fraction of sp³-hybridized carbons (Fsp3) is 0.600. The van der Waals surface area contributed by atoms with E-state index in [1.165, 1.54) is 6.08 Å². The maximum Gasteiger partial charge on any atom is 1.00 e. The van der Waals surface area contributed by atoms with Gasteiger partial charge in [-0.1, -0.05) is 11.6 Å². The van der Waals surface area contributed by atoms with Crippen molar-refractivity contribution in [1.29, 1.82) is 0 Å². The monoisotopic (exact) mass is 210 g/mol. The molecule has 0 rings (SSSR count). The second kappa shape index (κ2) is 9.41. The van der Waals surface area contributed by atoms with Crippen molar-refractivity contribution in [2.75, 3.05) is 6.61 Å². The Morgan fingerprint density at radius 2 is 1.83 bits per heavy atom. The molecule has 7 heteroatoms. The summed E-state index contributed by atoms with van der Waals surface area (Å²) < 4.78 is 13.7. The second-order valence-electron chi connectivity index (χ2n) is 2.02. The fourth-order valence-electron chi connectivity index (χ4n) is 0.295. The zero-order valence-electron chi connectivity index (χ0n) is 7.86. The molecule has 0 saturated carbocycles. The maximum atomic E-state index is 9.83. The predicted molar refractivity (Wildman–Crippen MR) is 33.0 cm³/mol. The molecule has 0 aliphatic heterocycles. The molecule has 60 valence electrons. The molecule has 12 heavy (non-hydrogen) atoms. The van der Waals surface area contributed by atoms with Gasteiger partial charge in [-0.05, 0) is 13.8 Å². The molecule has 0 aromatic rings. The number of phosphoric acid groups is 1. The largest absolute Gasteiger partial charge is 1.00 e. The molecule has 0 fully saturated rings. The average molecular weight is 210 g/mol. The van der Waals surface area contributed by atoms with E-state index in [2.05, 4.69) is 4.52 Å². The molecule has 0 aliphatic rings. The van der Waals surface area contributed by atoms with E-state index < -0.39 is 7.82 Å². The molecule has 4 nitrogen and oxygen atoms in total. The summed E-state index contributed by atoms with van der Waals surface area (Å²) in [4.78, 5) is 19.7. The van der Waals surface area contributed by atoms with Crippen LogP contribution >= 0.6 is 7.82 Å². The molecule has 0 radical (unpaired) electrons. The van der Waals surface area contributed by atoms with Crippen molar-refractivity contribution in [3.8, 4) is 0 Å². The SMILES string of the molecule is CC(C)=CCOP(=O)([O-])[O-].[Na+].[Na+]. The summed E-state index contributed by atoms with van der Waals surface area (Å²) in [6, 6.07) is 0. The van der Waals surface area contributed by atoms with E-state index in [1.807, 2.05) is 0 Å².